The number of piperazine rings is 1. The Balaban J connectivity index is 1.63. The molecule has 0 bridgehead atoms. The maximum absolute atomic E-state index is 12.1. The van der Waals surface area contributed by atoms with E-state index < -0.39 is 0 Å². The van der Waals surface area contributed by atoms with Crippen molar-refractivity contribution in [3.63, 3.8) is 0 Å². The Kier molecular flexibility index (Phi) is 3.92. The van der Waals surface area contributed by atoms with Crippen LogP contribution in [0.15, 0.2) is 47.7 Å². The summed E-state index contributed by atoms with van der Waals surface area (Å²) in [6, 6.07) is 8.41. The van der Waals surface area contributed by atoms with Crippen molar-refractivity contribution in [1.82, 2.24) is 24.4 Å². The van der Waals surface area contributed by atoms with E-state index in [2.05, 4.69) is 45.1 Å². The van der Waals surface area contributed by atoms with Gasteiger partial charge in [-0.25, -0.2) is 4.52 Å². The summed E-state index contributed by atoms with van der Waals surface area (Å²) < 4.78 is 1.63. The van der Waals surface area contributed by atoms with Crippen molar-refractivity contribution in [2.24, 2.45) is 0 Å². The van der Waals surface area contributed by atoms with E-state index in [1.54, 1.807) is 23.1 Å². The Morgan fingerprint density at radius 3 is 2.88 bits per heavy atom. The molecule has 4 rings (SSSR count). The van der Waals surface area contributed by atoms with E-state index in [-0.39, 0.29) is 5.56 Å². The number of aromatic nitrogens is 3. The second-order valence-electron chi connectivity index (χ2n) is 6.42. The Bertz CT molecular complexity index is 905. The number of fused-ring (bicyclic) bond motifs is 1. The van der Waals surface area contributed by atoms with Crippen LogP contribution in [-0.2, 0) is 6.54 Å². The molecule has 0 radical (unpaired) electrons. The SMILES string of the molecule is CN1CCN(Cc2cccc(-c3cnn4cc[nH]c(=O)c34)c2)CC1. The topological polar surface area (TPSA) is 56.6 Å². The molecule has 0 aliphatic carbocycles. The van der Waals surface area contributed by atoms with E-state index in [1.165, 1.54) is 5.56 Å². The highest BCUT2D eigenvalue weighted by Crippen LogP contribution is 2.23. The van der Waals surface area contributed by atoms with E-state index in [1.807, 2.05) is 6.07 Å². The van der Waals surface area contributed by atoms with Gasteiger partial charge in [0.05, 0.1) is 6.20 Å². The van der Waals surface area contributed by atoms with Crippen molar-refractivity contribution in [3.05, 3.63) is 58.8 Å². The van der Waals surface area contributed by atoms with Gasteiger partial charge >= 0.3 is 0 Å². The molecule has 3 heterocycles. The summed E-state index contributed by atoms with van der Waals surface area (Å²) in [6.07, 6.45) is 5.13. The fourth-order valence-corrected chi connectivity index (χ4v) is 3.27. The summed E-state index contributed by atoms with van der Waals surface area (Å²) in [5, 5.41) is 4.29. The van der Waals surface area contributed by atoms with Crippen LogP contribution in [0.3, 0.4) is 0 Å². The maximum atomic E-state index is 12.1. The number of aromatic amines is 1. The number of benzene rings is 1. The maximum Gasteiger partial charge on any atom is 0.274 e. The van der Waals surface area contributed by atoms with E-state index in [0.717, 1.165) is 43.9 Å². The third-order valence-corrected chi connectivity index (χ3v) is 4.68. The van der Waals surface area contributed by atoms with E-state index >= 15 is 0 Å². The predicted molar refractivity (Wildman–Crippen MR) is 94.0 cm³/mol. The van der Waals surface area contributed by atoms with Crippen molar-refractivity contribution in [2.45, 2.75) is 6.54 Å². The van der Waals surface area contributed by atoms with Crippen LogP contribution in [0.4, 0.5) is 0 Å². The number of nitrogens with zero attached hydrogens (tertiary/aromatic N) is 4. The molecule has 2 aromatic heterocycles. The molecular formula is C18H21N5O. The first kappa shape index (κ1) is 15.1. The molecule has 24 heavy (non-hydrogen) atoms. The average Bonchev–Trinajstić information content (AvgIpc) is 3.03. The van der Waals surface area contributed by atoms with Gasteiger partial charge in [0.2, 0.25) is 0 Å². The highest BCUT2D eigenvalue weighted by Gasteiger charge is 2.15. The van der Waals surface area contributed by atoms with Crippen LogP contribution in [0, 0.1) is 0 Å². The number of nitrogens with one attached hydrogen (secondary N) is 1. The molecule has 1 saturated heterocycles. The molecule has 1 aliphatic rings. The van der Waals surface area contributed by atoms with Crippen LogP contribution in [0.2, 0.25) is 0 Å². The highest BCUT2D eigenvalue weighted by atomic mass is 16.1. The van der Waals surface area contributed by atoms with Gasteiger partial charge in [0, 0.05) is 50.7 Å². The van der Waals surface area contributed by atoms with Gasteiger partial charge in [-0.05, 0) is 24.2 Å². The number of hydrogen-bond acceptors (Lipinski definition) is 4. The summed E-state index contributed by atoms with van der Waals surface area (Å²) in [7, 11) is 2.17. The molecule has 6 nitrogen and oxygen atoms in total. The zero-order chi connectivity index (χ0) is 16.5. The Morgan fingerprint density at radius 1 is 1.21 bits per heavy atom. The molecule has 1 aromatic carbocycles. The van der Waals surface area contributed by atoms with Gasteiger partial charge in [0.1, 0.15) is 5.52 Å². The van der Waals surface area contributed by atoms with Gasteiger partial charge in [-0.3, -0.25) is 9.69 Å². The number of rotatable bonds is 3. The second kappa shape index (κ2) is 6.22. The van der Waals surface area contributed by atoms with Crippen LogP contribution >= 0.6 is 0 Å². The van der Waals surface area contributed by atoms with Gasteiger partial charge in [-0.15, -0.1) is 0 Å². The van der Waals surface area contributed by atoms with Gasteiger partial charge < -0.3 is 9.88 Å². The molecule has 1 aliphatic heterocycles. The van der Waals surface area contributed by atoms with Crippen molar-refractivity contribution < 1.29 is 0 Å². The normalized spacial score (nSPS) is 16.7. The van der Waals surface area contributed by atoms with Gasteiger partial charge in [0.25, 0.3) is 5.56 Å². The standard InChI is InChI=1S/C18H21N5O/c1-21-7-9-22(10-8-21)13-14-3-2-4-15(11-14)16-12-20-23-6-5-19-18(24)17(16)23/h2-6,11-12H,7-10,13H2,1H3,(H,19,24). The third-order valence-electron chi connectivity index (χ3n) is 4.68. The van der Waals surface area contributed by atoms with Crippen molar-refractivity contribution in [1.29, 1.82) is 0 Å². The minimum Gasteiger partial charge on any atom is -0.326 e. The van der Waals surface area contributed by atoms with Crippen molar-refractivity contribution >= 4 is 5.52 Å². The summed E-state index contributed by atoms with van der Waals surface area (Å²) in [4.78, 5) is 19.7. The molecule has 124 valence electrons. The van der Waals surface area contributed by atoms with E-state index in [0.29, 0.717) is 5.52 Å². The summed E-state index contributed by atoms with van der Waals surface area (Å²) in [5.74, 6) is 0. The largest absolute Gasteiger partial charge is 0.326 e. The van der Waals surface area contributed by atoms with Gasteiger partial charge in [-0.1, -0.05) is 18.2 Å². The summed E-state index contributed by atoms with van der Waals surface area (Å²) in [6.45, 7) is 5.36. The van der Waals surface area contributed by atoms with Crippen LogP contribution in [0.25, 0.3) is 16.6 Å². The second-order valence-corrected chi connectivity index (χ2v) is 6.42. The summed E-state index contributed by atoms with van der Waals surface area (Å²) >= 11 is 0. The predicted octanol–water partition coefficient (Wildman–Crippen LogP) is 1.44. The van der Waals surface area contributed by atoms with Crippen LogP contribution in [-0.4, -0.2) is 57.6 Å². The average molecular weight is 323 g/mol. The van der Waals surface area contributed by atoms with E-state index in [9.17, 15) is 4.79 Å². The molecule has 0 spiro atoms. The number of H-pyrrole nitrogens is 1. The Labute approximate surface area is 140 Å². The molecule has 3 aromatic rings. The lowest BCUT2D eigenvalue weighted by molar-refractivity contribution is 0.148. The molecular weight excluding hydrogens is 302 g/mol. The van der Waals surface area contributed by atoms with Crippen LogP contribution in [0.1, 0.15) is 5.56 Å². The Morgan fingerprint density at radius 2 is 2.04 bits per heavy atom. The van der Waals surface area contributed by atoms with Crippen molar-refractivity contribution in [2.75, 3.05) is 33.2 Å². The molecule has 0 saturated carbocycles. The number of hydrogen-bond donors (Lipinski definition) is 1. The summed E-state index contributed by atoms with van der Waals surface area (Å²) in [5.41, 5.74) is 3.65. The molecule has 0 atom stereocenters. The lowest BCUT2D eigenvalue weighted by Gasteiger charge is -2.32. The van der Waals surface area contributed by atoms with Crippen LogP contribution in [0.5, 0.6) is 0 Å². The third kappa shape index (κ3) is 2.86. The molecule has 1 N–H and O–H groups in total. The minimum atomic E-state index is -0.116. The minimum absolute atomic E-state index is 0.116. The van der Waals surface area contributed by atoms with E-state index in [4.69, 9.17) is 0 Å². The van der Waals surface area contributed by atoms with Gasteiger partial charge in [-0.2, -0.15) is 5.10 Å². The lowest BCUT2D eigenvalue weighted by Crippen LogP contribution is -2.43. The quantitative estimate of drug-likeness (QED) is 0.792. The fourth-order valence-electron chi connectivity index (χ4n) is 3.27. The van der Waals surface area contributed by atoms with Crippen molar-refractivity contribution in [3.8, 4) is 11.1 Å². The highest BCUT2D eigenvalue weighted by molar-refractivity contribution is 5.79. The molecule has 1 fully saturated rings. The molecule has 6 heteroatoms. The smallest absolute Gasteiger partial charge is 0.274 e. The molecule has 0 unspecified atom stereocenters. The first-order valence-electron chi connectivity index (χ1n) is 8.26. The lowest BCUT2D eigenvalue weighted by atomic mass is 10.0. The molecule has 0 amide bonds. The zero-order valence-electron chi connectivity index (χ0n) is 13.8. The zero-order valence-corrected chi connectivity index (χ0v) is 13.8. The monoisotopic (exact) mass is 323 g/mol. The Hall–Kier alpha value is -2.44. The first-order valence-corrected chi connectivity index (χ1v) is 8.26. The van der Waals surface area contributed by atoms with Crippen LogP contribution < -0.4 is 5.56 Å². The van der Waals surface area contributed by atoms with Gasteiger partial charge in [0.15, 0.2) is 0 Å². The number of likely N-dealkylation sites (N-methyl/N-ethyl adjacent to an activating group) is 1. The first-order chi connectivity index (χ1) is 11.7. The fraction of sp³-hybridized carbons (Fsp3) is 0.333.